The van der Waals surface area contributed by atoms with Crippen molar-refractivity contribution in [3.63, 3.8) is 0 Å². The van der Waals surface area contributed by atoms with Crippen LogP contribution in [0.5, 0.6) is 0 Å². The summed E-state index contributed by atoms with van der Waals surface area (Å²) in [4.78, 5) is 9.08. The number of rotatable bonds is 2. The summed E-state index contributed by atoms with van der Waals surface area (Å²) in [7, 11) is 0. The van der Waals surface area contributed by atoms with Crippen LogP contribution in [-0.4, -0.2) is 36.6 Å². The number of nitrogens with one attached hydrogen (secondary N) is 1. The minimum absolute atomic E-state index is 0.327. The van der Waals surface area contributed by atoms with Crippen LogP contribution in [0.2, 0.25) is 0 Å². The Morgan fingerprint density at radius 3 is 2.79 bits per heavy atom. The first-order valence-electron chi connectivity index (χ1n) is 9.73. The van der Waals surface area contributed by atoms with Gasteiger partial charge in [-0.3, -0.25) is 0 Å². The smallest absolute Gasteiger partial charge is 0.173 e. The van der Waals surface area contributed by atoms with Gasteiger partial charge in [0, 0.05) is 29.9 Å². The lowest BCUT2D eigenvalue weighted by atomic mass is 9.91. The van der Waals surface area contributed by atoms with Gasteiger partial charge in [0.2, 0.25) is 0 Å². The molecule has 0 saturated carbocycles. The van der Waals surface area contributed by atoms with E-state index in [0.29, 0.717) is 23.3 Å². The average Bonchev–Trinajstić information content (AvgIpc) is 3.25. The van der Waals surface area contributed by atoms with E-state index in [0.717, 1.165) is 47.5 Å². The molecular weight excluding hydrogens is 355 g/mol. The van der Waals surface area contributed by atoms with Gasteiger partial charge in [0.15, 0.2) is 17.1 Å². The molecule has 5 rings (SSSR count). The Bertz CT molecular complexity index is 1190. The van der Waals surface area contributed by atoms with E-state index in [-0.39, 0.29) is 5.82 Å². The molecule has 28 heavy (non-hydrogen) atoms. The van der Waals surface area contributed by atoms with Gasteiger partial charge >= 0.3 is 0 Å². The lowest BCUT2D eigenvalue weighted by Crippen LogP contribution is -2.34. The second-order valence-corrected chi connectivity index (χ2v) is 7.91. The van der Waals surface area contributed by atoms with Crippen molar-refractivity contribution in [2.75, 3.05) is 6.54 Å². The van der Waals surface area contributed by atoms with Gasteiger partial charge in [0.05, 0.1) is 23.3 Å². The fourth-order valence-corrected chi connectivity index (χ4v) is 4.20. The quantitative estimate of drug-likeness (QED) is 0.578. The van der Waals surface area contributed by atoms with E-state index in [1.807, 2.05) is 38.5 Å². The van der Waals surface area contributed by atoms with Crippen LogP contribution >= 0.6 is 0 Å². The number of aryl methyl sites for hydroxylation is 2. The first-order valence-corrected chi connectivity index (χ1v) is 9.73. The van der Waals surface area contributed by atoms with Gasteiger partial charge < -0.3 is 9.72 Å². The zero-order valence-electron chi connectivity index (χ0n) is 16.3. The van der Waals surface area contributed by atoms with Crippen LogP contribution in [0.1, 0.15) is 42.6 Å². The number of nitrogens with zero attached hydrogens (tertiary/aromatic N) is 5. The van der Waals surface area contributed by atoms with E-state index in [9.17, 15) is 4.39 Å². The topological polar surface area (TPSA) is 59.5 Å². The monoisotopic (exact) mass is 378 g/mol. The molecule has 1 fully saturated rings. The highest BCUT2D eigenvalue weighted by molar-refractivity contribution is 5.64. The van der Waals surface area contributed by atoms with E-state index >= 15 is 0 Å². The molecule has 1 aliphatic rings. The molecular formula is C21H23FN6. The van der Waals surface area contributed by atoms with Gasteiger partial charge in [-0.25, -0.2) is 18.9 Å². The predicted molar refractivity (Wildman–Crippen MR) is 106 cm³/mol. The van der Waals surface area contributed by atoms with Gasteiger partial charge in [-0.15, -0.1) is 0 Å². The summed E-state index contributed by atoms with van der Waals surface area (Å²) in [6.45, 7) is 7.09. The highest BCUT2D eigenvalue weighted by atomic mass is 19.1. The van der Waals surface area contributed by atoms with Crippen molar-refractivity contribution in [2.45, 2.75) is 45.6 Å². The molecule has 0 aromatic carbocycles. The van der Waals surface area contributed by atoms with Crippen LogP contribution in [0.15, 0.2) is 30.7 Å². The van der Waals surface area contributed by atoms with Gasteiger partial charge in [-0.05, 0) is 57.9 Å². The maximum atomic E-state index is 14.9. The van der Waals surface area contributed by atoms with E-state index < -0.39 is 0 Å². The summed E-state index contributed by atoms with van der Waals surface area (Å²) >= 11 is 0. The van der Waals surface area contributed by atoms with E-state index in [1.54, 1.807) is 8.92 Å². The molecule has 4 aromatic rings. The first-order chi connectivity index (χ1) is 13.5. The molecule has 0 bridgehead atoms. The van der Waals surface area contributed by atoms with Gasteiger partial charge in [0.1, 0.15) is 0 Å². The second kappa shape index (κ2) is 6.38. The zero-order chi connectivity index (χ0) is 19.4. The van der Waals surface area contributed by atoms with Crippen molar-refractivity contribution < 1.29 is 4.39 Å². The minimum atomic E-state index is -0.327. The fourth-order valence-electron chi connectivity index (χ4n) is 4.20. The van der Waals surface area contributed by atoms with Crippen molar-refractivity contribution in [3.05, 3.63) is 53.5 Å². The number of aromatic nitrogens is 5. The summed E-state index contributed by atoms with van der Waals surface area (Å²) in [6, 6.07) is 3.94. The number of hydrogen-bond acceptors (Lipinski definition) is 4. The lowest BCUT2D eigenvalue weighted by molar-refractivity contribution is 0.377. The molecule has 0 amide bonds. The van der Waals surface area contributed by atoms with Crippen molar-refractivity contribution in [1.29, 1.82) is 0 Å². The van der Waals surface area contributed by atoms with Crippen molar-refractivity contribution in [3.8, 4) is 11.3 Å². The number of fused-ring (bicyclic) bond motifs is 2. The molecule has 1 aliphatic heterocycles. The summed E-state index contributed by atoms with van der Waals surface area (Å²) < 4.78 is 18.4. The number of piperidine rings is 1. The normalized spacial score (nSPS) is 20.3. The van der Waals surface area contributed by atoms with Crippen LogP contribution in [-0.2, 0) is 0 Å². The zero-order valence-corrected chi connectivity index (χ0v) is 16.3. The largest absolute Gasteiger partial charge is 0.314 e. The number of pyridine rings is 1. The summed E-state index contributed by atoms with van der Waals surface area (Å²) in [5.41, 5.74) is 5.53. The summed E-state index contributed by atoms with van der Waals surface area (Å²) in [5.74, 6) is 0.0386. The average molecular weight is 378 g/mol. The van der Waals surface area contributed by atoms with Crippen molar-refractivity contribution in [1.82, 2.24) is 29.3 Å². The maximum Gasteiger partial charge on any atom is 0.173 e. The summed E-state index contributed by atoms with van der Waals surface area (Å²) in [6.07, 6.45) is 7.82. The Morgan fingerprint density at radius 2 is 1.96 bits per heavy atom. The Balaban J connectivity index is 1.59. The first kappa shape index (κ1) is 17.3. The van der Waals surface area contributed by atoms with Crippen LogP contribution in [0.3, 0.4) is 0 Å². The molecule has 2 unspecified atom stereocenters. The highest BCUT2D eigenvalue weighted by Gasteiger charge is 2.23. The van der Waals surface area contributed by atoms with E-state index in [2.05, 4.69) is 27.3 Å². The standard InChI is InChI=1S/C21H23FN6/c1-12-6-18(26-28-9-14(3)24-20(12)28)16-8-17(22)21-25-19(11-27(21)10-16)15-4-5-23-13(2)7-15/h6,8-11,13,15,23H,4-5,7H2,1-3H3. The highest BCUT2D eigenvalue weighted by Crippen LogP contribution is 2.29. The van der Waals surface area contributed by atoms with E-state index in [4.69, 9.17) is 0 Å². The molecule has 1 saturated heterocycles. The number of halogens is 1. The SMILES string of the molecule is Cc1cn2nc(-c3cc(F)c4nc(C5CCNC(C)C5)cn4c3)cc(C)c2n1. The number of hydrogen-bond donors (Lipinski definition) is 1. The maximum absolute atomic E-state index is 14.9. The van der Waals surface area contributed by atoms with Crippen LogP contribution in [0.4, 0.5) is 4.39 Å². The minimum Gasteiger partial charge on any atom is -0.314 e. The molecule has 5 heterocycles. The molecule has 0 aliphatic carbocycles. The third kappa shape index (κ3) is 2.86. The second-order valence-electron chi connectivity index (χ2n) is 7.91. The third-order valence-corrected chi connectivity index (χ3v) is 5.59. The Kier molecular flexibility index (Phi) is 3.94. The number of imidazole rings is 2. The van der Waals surface area contributed by atoms with Gasteiger partial charge in [-0.2, -0.15) is 5.10 Å². The molecule has 144 valence electrons. The Hall–Kier alpha value is -2.80. The molecule has 0 spiro atoms. The molecule has 7 heteroatoms. The molecule has 2 atom stereocenters. The molecule has 4 aromatic heterocycles. The van der Waals surface area contributed by atoms with Gasteiger partial charge in [0.25, 0.3) is 0 Å². The van der Waals surface area contributed by atoms with Crippen molar-refractivity contribution >= 4 is 11.3 Å². The molecule has 0 radical (unpaired) electrons. The Morgan fingerprint density at radius 1 is 1.11 bits per heavy atom. The molecule has 1 N–H and O–H groups in total. The Labute approximate surface area is 162 Å². The van der Waals surface area contributed by atoms with Crippen molar-refractivity contribution in [2.24, 2.45) is 0 Å². The van der Waals surface area contributed by atoms with Gasteiger partial charge in [-0.1, -0.05) is 0 Å². The van der Waals surface area contributed by atoms with E-state index in [1.165, 1.54) is 6.07 Å². The van der Waals surface area contributed by atoms with Crippen LogP contribution in [0.25, 0.3) is 22.6 Å². The molecule has 6 nitrogen and oxygen atoms in total. The third-order valence-electron chi connectivity index (χ3n) is 5.59. The summed E-state index contributed by atoms with van der Waals surface area (Å²) in [5, 5.41) is 8.08. The fraction of sp³-hybridized carbons (Fsp3) is 0.381. The van der Waals surface area contributed by atoms with Crippen LogP contribution < -0.4 is 5.32 Å². The predicted octanol–water partition coefficient (Wildman–Crippen LogP) is 3.66. The lowest BCUT2D eigenvalue weighted by Gasteiger charge is -2.26. The van der Waals surface area contributed by atoms with Crippen LogP contribution in [0, 0.1) is 19.7 Å².